The van der Waals surface area contributed by atoms with Crippen LogP contribution in [0.1, 0.15) is 17.5 Å². The van der Waals surface area contributed by atoms with Crippen LogP contribution in [0.2, 0.25) is 0 Å². The maximum atomic E-state index is 15.4. The topological polar surface area (TPSA) is 89.6 Å². The third-order valence-corrected chi connectivity index (χ3v) is 6.25. The van der Waals surface area contributed by atoms with Crippen LogP contribution in [-0.2, 0) is 11.3 Å². The van der Waals surface area contributed by atoms with Crippen LogP contribution >= 0.6 is 0 Å². The average Bonchev–Trinajstić information content (AvgIpc) is 3.39. The molecule has 196 valence electrons. The molecule has 0 bridgehead atoms. The van der Waals surface area contributed by atoms with Crippen molar-refractivity contribution in [2.75, 3.05) is 25.4 Å². The zero-order valence-corrected chi connectivity index (χ0v) is 19.3. The normalized spacial score (nSPS) is 19.8. The zero-order valence-electron chi connectivity index (χ0n) is 22.3. The summed E-state index contributed by atoms with van der Waals surface area (Å²) in [6, 6.07) is 1.30. The zero-order chi connectivity index (χ0) is 28.9. The Kier molecular flexibility index (Phi) is 5.42. The van der Waals surface area contributed by atoms with Gasteiger partial charge in [0, 0.05) is 13.5 Å². The van der Waals surface area contributed by atoms with E-state index in [4.69, 9.17) is 8.85 Å². The van der Waals surface area contributed by atoms with Gasteiger partial charge in [-0.15, -0.1) is 5.10 Å². The molecule has 0 unspecified atom stereocenters. The lowest BCUT2D eigenvalue weighted by Crippen LogP contribution is -2.49. The Labute approximate surface area is 211 Å². The first-order valence-electron chi connectivity index (χ1n) is 12.7. The standard InChI is InChI=1S/C23H22F5N7O2/c1-11(36)33-4-3-16(14(25)7-33)30-23-31-22(37-2)21-19(15(26)8-35(21)32-23)12-5-13(24)20-17(6-12)34(10-29-20)9-18(27)28/h5-6,8,10,14,16,18H,3-4,7,9H2,1-2H3,(H,30,32)/t14-,16+/m1/s1/i2D3. The van der Waals surface area contributed by atoms with Crippen molar-refractivity contribution in [1.82, 2.24) is 29.0 Å². The minimum absolute atomic E-state index is 0.0440. The summed E-state index contributed by atoms with van der Waals surface area (Å²) in [5.41, 5.74) is -1.04. The Hall–Kier alpha value is -3.97. The average molecular weight is 526 g/mol. The molecule has 1 aliphatic heterocycles. The summed E-state index contributed by atoms with van der Waals surface area (Å²) in [6.07, 6.45) is -2.19. The van der Waals surface area contributed by atoms with Gasteiger partial charge in [-0.3, -0.25) is 4.79 Å². The molecule has 0 saturated carbocycles. The number of alkyl halides is 3. The summed E-state index contributed by atoms with van der Waals surface area (Å²) >= 11 is 0. The number of imidazole rings is 1. The Morgan fingerprint density at radius 1 is 1.32 bits per heavy atom. The number of anilines is 1. The number of fused-ring (bicyclic) bond motifs is 2. The first-order valence-corrected chi connectivity index (χ1v) is 11.2. The summed E-state index contributed by atoms with van der Waals surface area (Å²) in [6.45, 7) is 0.619. The van der Waals surface area contributed by atoms with Crippen molar-refractivity contribution in [1.29, 1.82) is 0 Å². The van der Waals surface area contributed by atoms with Crippen LogP contribution in [-0.4, -0.2) is 73.7 Å². The number of hydrogen-bond donors (Lipinski definition) is 1. The number of nitrogens with one attached hydrogen (secondary N) is 1. The number of benzene rings is 1. The first-order chi connectivity index (χ1) is 18.8. The lowest BCUT2D eigenvalue weighted by Gasteiger charge is -2.34. The van der Waals surface area contributed by atoms with E-state index in [1.165, 1.54) is 17.9 Å². The fourth-order valence-corrected chi connectivity index (χ4v) is 4.51. The molecule has 5 rings (SSSR count). The van der Waals surface area contributed by atoms with Crippen molar-refractivity contribution in [3.05, 3.63) is 36.3 Å². The molecule has 4 aromatic rings. The summed E-state index contributed by atoms with van der Waals surface area (Å²) in [7, 11) is -3.05. The molecule has 14 heteroatoms. The molecule has 4 heterocycles. The summed E-state index contributed by atoms with van der Waals surface area (Å²) in [4.78, 5) is 20.8. The van der Waals surface area contributed by atoms with Crippen LogP contribution in [0.5, 0.6) is 5.88 Å². The molecule has 0 spiro atoms. The number of carbonyl (C=O) groups excluding carboxylic acids is 1. The van der Waals surface area contributed by atoms with Crippen molar-refractivity contribution in [2.24, 2.45) is 0 Å². The number of halogens is 5. The van der Waals surface area contributed by atoms with Crippen LogP contribution in [0, 0.1) is 11.6 Å². The number of piperidine rings is 1. The number of aromatic nitrogens is 5. The van der Waals surface area contributed by atoms with E-state index in [1.807, 2.05) is 0 Å². The van der Waals surface area contributed by atoms with E-state index in [9.17, 15) is 22.4 Å². The lowest BCUT2D eigenvalue weighted by atomic mass is 10.0. The predicted molar refractivity (Wildman–Crippen MR) is 123 cm³/mol. The van der Waals surface area contributed by atoms with Gasteiger partial charge in [0.1, 0.15) is 17.2 Å². The number of carbonyl (C=O) groups is 1. The summed E-state index contributed by atoms with van der Waals surface area (Å²) < 4.78 is 101. The molecule has 2 atom stereocenters. The van der Waals surface area contributed by atoms with Crippen molar-refractivity contribution >= 4 is 28.4 Å². The maximum absolute atomic E-state index is 15.4. The van der Waals surface area contributed by atoms with Gasteiger partial charge in [-0.05, 0) is 24.1 Å². The quantitative estimate of drug-likeness (QED) is 0.386. The summed E-state index contributed by atoms with van der Waals surface area (Å²) in [5, 5.41) is 6.87. The molecule has 1 saturated heterocycles. The predicted octanol–water partition coefficient (Wildman–Crippen LogP) is 3.67. The Bertz CT molecular complexity index is 1590. The Morgan fingerprint density at radius 2 is 2.14 bits per heavy atom. The number of rotatable bonds is 6. The van der Waals surface area contributed by atoms with Crippen LogP contribution in [0.25, 0.3) is 27.7 Å². The monoisotopic (exact) mass is 526 g/mol. The second kappa shape index (κ2) is 9.48. The van der Waals surface area contributed by atoms with E-state index >= 15 is 4.39 Å². The van der Waals surface area contributed by atoms with Gasteiger partial charge >= 0.3 is 0 Å². The van der Waals surface area contributed by atoms with Gasteiger partial charge in [0.05, 0.1) is 53.9 Å². The molecule has 0 aliphatic carbocycles. The Balaban J connectivity index is 1.60. The smallest absolute Gasteiger partial charge is 0.256 e. The van der Waals surface area contributed by atoms with E-state index in [-0.39, 0.29) is 59.0 Å². The number of amides is 1. The molecule has 0 radical (unpaired) electrons. The van der Waals surface area contributed by atoms with Gasteiger partial charge in [-0.25, -0.2) is 31.5 Å². The second-order valence-electron chi connectivity index (χ2n) is 8.62. The van der Waals surface area contributed by atoms with Gasteiger partial charge in [-0.1, -0.05) is 0 Å². The number of hydrogen-bond acceptors (Lipinski definition) is 6. The van der Waals surface area contributed by atoms with Crippen LogP contribution in [0.3, 0.4) is 0 Å². The molecule has 1 aliphatic rings. The van der Waals surface area contributed by atoms with Gasteiger partial charge in [0.15, 0.2) is 11.6 Å². The molecular weight excluding hydrogens is 501 g/mol. The number of nitrogens with zero attached hydrogens (tertiary/aromatic N) is 6. The molecule has 3 aromatic heterocycles. The van der Waals surface area contributed by atoms with E-state index in [0.29, 0.717) is 0 Å². The molecule has 1 N–H and O–H groups in total. The Morgan fingerprint density at radius 3 is 2.84 bits per heavy atom. The number of methoxy groups -OCH3 is 1. The molecule has 37 heavy (non-hydrogen) atoms. The van der Waals surface area contributed by atoms with Crippen molar-refractivity contribution < 1.29 is 35.6 Å². The highest BCUT2D eigenvalue weighted by molar-refractivity contribution is 5.90. The van der Waals surface area contributed by atoms with Gasteiger partial charge in [0.25, 0.3) is 6.43 Å². The van der Waals surface area contributed by atoms with E-state index < -0.39 is 49.7 Å². The molecule has 1 amide bonds. The highest BCUT2D eigenvalue weighted by Crippen LogP contribution is 2.36. The van der Waals surface area contributed by atoms with Crippen LogP contribution in [0.15, 0.2) is 24.7 Å². The van der Waals surface area contributed by atoms with Crippen molar-refractivity contribution in [3.8, 4) is 17.0 Å². The fraction of sp³-hybridized carbons (Fsp3) is 0.391. The largest absolute Gasteiger partial charge is 0.479 e. The lowest BCUT2D eigenvalue weighted by molar-refractivity contribution is -0.131. The van der Waals surface area contributed by atoms with Crippen LogP contribution < -0.4 is 10.1 Å². The third kappa shape index (κ3) is 4.51. The van der Waals surface area contributed by atoms with Gasteiger partial charge in [0.2, 0.25) is 17.7 Å². The SMILES string of the molecule is [2H]C([2H])([2H])Oc1nc(N[C@H]2CCN(C(C)=O)C[C@H]2F)nn2cc(F)c(-c3cc(F)c4ncn(CC(F)F)c4c3)c12. The fourth-order valence-electron chi connectivity index (χ4n) is 4.51. The maximum Gasteiger partial charge on any atom is 0.256 e. The number of likely N-dealkylation sites (tertiary alicyclic amines) is 1. The molecule has 1 fully saturated rings. The minimum atomic E-state index is -3.05. The van der Waals surface area contributed by atoms with Crippen molar-refractivity contribution in [2.45, 2.75) is 38.5 Å². The molecule has 9 nitrogen and oxygen atoms in total. The molecule has 1 aromatic carbocycles. The molecular formula is C23H22F5N7O2. The highest BCUT2D eigenvalue weighted by atomic mass is 19.3. The second-order valence-corrected chi connectivity index (χ2v) is 8.62. The third-order valence-electron chi connectivity index (χ3n) is 6.25. The van der Waals surface area contributed by atoms with Crippen molar-refractivity contribution in [3.63, 3.8) is 0 Å². The van der Waals surface area contributed by atoms with E-state index in [2.05, 4.69) is 20.4 Å². The summed E-state index contributed by atoms with van der Waals surface area (Å²) in [5.74, 6) is -3.08. The van der Waals surface area contributed by atoms with E-state index in [0.717, 1.165) is 27.7 Å². The highest BCUT2D eigenvalue weighted by Gasteiger charge is 2.31. The van der Waals surface area contributed by atoms with Gasteiger partial charge < -0.3 is 19.5 Å². The van der Waals surface area contributed by atoms with Crippen LogP contribution in [0.4, 0.5) is 27.9 Å². The van der Waals surface area contributed by atoms with Gasteiger partial charge in [-0.2, -0.15) is 4.98 Å². The first kappa shape index (κ1) is 21.1. The minimum Gasteiger partial charge on any atom is -0.479 e. The number of ether oxygens (including phenoxy) is 1. The van der Waals surface area contributed by atoms with E-state index in [1.54, 1.807) is 0 Å².